The fourth-order valence-corrected chi connectivity index (χ4v) is 5.01. The van der Waals surface area contributed by atoms with E-state index in [4.69, 9.17) is 18.9 Å². The summed E-state index contributed by atoms with van der Waals surface area (Å²) in [6.45, 7) is 15.7. The van der Waals surface area contributed by atoms with E-state index in [0.29, 0.717) is 6.42 Å². The van der Waals surface area contributed by atoms with Gasteiger partial charge in [0.15, 0.2) is 18.4 Å². The van der Waals surface area contributed by atoms with Gasteiger partial charge in [-0.25, -0.2) is 0 Å². The minimum Gasteiger partial charge on any atom is -0.463 e. The fourth-order valence-electron chi connectivity index (χ4n) is 5.01. The molecule has 232 valence electrons. The van der Waals surface area contributed by atoms with Crippen molar-refractivity contribution in [1.82, 2.24) is 9.80 Å². The number of ether oxygens (including phenoxy) is 4. The number of aliphatic hydroxyl groups is 1. The Bertz CT molecular complexity index is 840. The number of methoxy groups -OCH3 is 1. The van der Waals surface area contributed by atoms with Crippen LogP contribution >= 0.6 is 0 Å². The van der Waals surface area contributed by atoms with Crippen molar-refractivity contribution in [1.29, 1.82) is 0 Å². The number of likely N-dealkylation sites (N-methyl/N-ethyl adjacent to an activating group) is 2. The average molecular weight is 569 g/mol. The summed E-state index contributed by atoms with van der Waals surface area (Å²) in [4.78, 5) is 31.0. The van der Waals surface area contributed by atoms with Crippen LogP contribution in [0.4, 0.5) is 0 Å². The molecule has 1 heterocycles. The number of carbonyl (C=O) groups is 2. The molecule has 0 amide bonds. The van der Waals surface area contributed by atoms with Gasteiger partial charge in [0.25, 0.3) is 0 Å². The van der Waals surface area contributed by atoms with Gasteiger partial charge in [-0.05, 0) is 86.6 Å². The van der Waals surface area contributed by atoms with Gasteiger partial charge in [-0.15, -0.1) is 5.73 Å². The number of Topliss-reactive ketones (excluding diaryl/α,β-unsaturated/α-hetero) is 1. The number of hydrogen-bond donors (Lipinski definition) is 1. The first-order valence-electron chi connectivity index (χ1n) is 14.7. The van der Waals surface area contributed by atoms with E-state index in [9.17, 15) is 14.7 Å². The molecule has 0 aromatic carbocycles. The highest BCUT2D eigenvalue weighted by atomic mass is 16.8. The average Bonchev–Trinajstić information content (AvgIpc) is 2.91. The molecule has 9 nitrogen and oxygen atoms in total. The van der Waals surface area contributed by atoms with Gasteiger partial charge in [0.2, 0.25) is 0 Å². The number of allylic oxidation sites excluding steroid dienone is 1. The fraction of sp³-hybridized carbons (Fsp3) is 0.839. The van der Waals surface area contributed by atoms with Gasteiger partial charge in [-0.1, -0.05) is 33.3 Å². The molecule has 7 atom stereocenters. The highest BCUT2D eigenvalue weighted by molar-refractivity contribution is 6.04. The van der Waals surface area contributed by atoms with Crippen molar-refractivity contribution < 1.29 is 33.6 Å². The van der Waals surface area contributed by atoms with Crippen LogP contribution in [0.2, 0.25) is 0 Å². The quantitative estimate of drug-likeness (QED) is 0.0859. The SMILES string of the molecule is C=C=C(C)CC[C@H](COC(=O)C(C)(C)C(=O)[C@H](C)[C@H](OC)O[C@@H]1O[C@H](C)C[C@H](N(C)C)[C@H]1O)N(C)CCCCC. The van der Waals surface area contributed by atoms with E-state index < -0.39 is 36.0 Å². The Hall–Kier alpha value is -1.58. The first-order valence-corrected chi connectivity index (χ1v) is 14.7. The molecule has 40 heavy (non-hydrogen) atoms. The van der Waals surface area contributed by atoms with Crippen molar-refractivity contribution in [2.24, 2.45) is 11.3 Å². The van der Waals surface area contributed by atoms with Crippen LogP contribution in [0.15, 0.2) is 17.9 Å². The van der Waals surface area contributed by atoms with Gasteiger partial charge in [0.05, 0.1) is 12.0 Å². The Kier molecular flexibility index (Phi) is 15.8. The lowest BCUT2D eigenvalue weighted by atomic mass is 9.81. The first kappa shape index (κ1) is 36.4. The van der Waals surface area contributed by atoms with Crippen LogP contribution in [0.5, 0.6) is 0 Å². The van der Waals surface area contributed by atoms with E-state index in [2.05, 4.69) is 24.1 Å². The number of hydrogen-bond acceptors (Lipinski definition) is 9. The van der Waals surface area contributed by atoms with Crippen LogP contribution in [0.3, 0.4) is 0 Å². The predicted molar refractivity (Wildman–Crippen MR) is 157 cm³/mol. The molecule has 1 N–H and O–H groups in total. The zero-order valence-electron chi connectivity index (χ0n) is 26.7. The van der Waals surface area contributed by atoms with E-state index in [1.807, 2.05) is 39.9 Å². The second-order valence-corrected chi connectivity index (χ2v) is 12.0. The van der Waals surface area contributed by atoms with Crippen LogP contribution < -0.4 is 0 Å². The number of unbranched alkanes of at least 4 members (excludes halogenated alkanes) is 2. The summed E-state index contributed by atoms with van der Waals surface area (Å²) in [5.74, 6) is -1.77. The summed E-state index contributed by atoms with van der Waals surface area (Å²) in [6.07, 6.45) is 2.54. The Morgan fingerprint density at radius 2 is 1.88 bits per heavy atom. The van der Waals surface area contributed by atoms with Crippen LogP contribution in [-0.2, 0) is 28.5 Å². The Balaban J connectivity index is 2.91. The molecule has 0 bridgehead atoms. The van der Waals surface area contributed by atoms with E-state index in [0.717, 1.165) is 44.2 Å². The highest BCUT2D eigenvalue weighted by Crippen LogP contribution is 2.30. The predicted octanol–water partition coefficient (Wildman–Crippen LogP) is 4.18. The topological polar surface area (TPSA) is 97.8 Å². The lowest BCUT2D eigenvalue weighted by Crippen LogP contribution is -2.56. The van der Waals surface area contributed by atoms with Crippen molar-refractivity contribution in [2.45, 2.75) is 117 Å². The maximum absolute atomic E-state index is 13.6. The van der Waals surface area contributed by atoms with Crippen molar-refractivity contribution in [3.63, 3.8) is 0 Å². The van der Waals surface area contributed by atoms with E-state index in [-0.39, 0.29) is 30.6 Å². The molecule has 0 radical (unpaired) electrons. The molecule has 0 aliphatic carbocycles. The molecule has 0 unspecified atom stereocenters. The van der Waals surface area contributed by atoms with Crippen molar-refractivity contribution in [3.05, 3.63) is 17.9 Å². The zero-order chi connectivity index (χ0) is 30.6. The van der Waals surface area contributed by atoms with E-state index in [1.165, 1.54) is 7.11 Å². The Labute approximate surface area is 242 Å². The maximum Gasteiger partial charge on any atom is 0.319 e. The summed E-state index contributed by atoms with van der Waals surface area (Å²) in [6, 6.07) is -0.151. The maximum atomic E-state index is 13.6. The molecule has 9 heteroatoms. The largest absolute Gasteiger partial charge is 0.463 e. The third kappa shape index (κ3) is 10.7. The lowest BCUT2D eigenvalue weighted by molar-refractivity contribution is -0.309. The van der Waals surface area contributed by atoms with Gasteiger partial charge in [-0.2, -0.15) is 0 Å². The van der Waals surface area contributed by atoms with E-state index >= 15 is 0 Å². The number of rotatable bonds is 18. The monoisotopic (exact) mass is 568 g/mol. The number of aliphatic hydroxyl groups excluding tert-OH is 1. The molecule has 1 saturated heterocycles. The van der Waals surface area contributed by atoms with Crippen LogP contribution in [0.1, 0.15) is 80.1 Å². The minimum atomic E-state index is -1.42. The number of carbonyl (C=O) groups excluding carboxylic acids is 2. The second kappa shape index (κ2) is 17.4. The summed E-state index contributed by atoms with van der Waals surface area (Å²) < 4.78 is 23.1. The van der Waals surface area contributed by atoms with Crippen molar-refractivity contribution in [2.75, 3.05) is 41.4 Å². The second-order valence-electron chi connectivity index (χ2n) is 12.0. The zero-order valence-corrected chi connectivity index (χ0v) is 26.7. The third-order valence-corrected chi connectivity index (χ3v) is 8.02. The van der Waals surface area contributed by atoms with Gasteiger partial charge < -0.3 is 33.9 Å². The molecule has 1 aliphatic rings. The molecular weight excluding hydrogens is 512 g/mol. The molecule has 1 aliphatic heterocycles. The van der Waals surface area contributed by atoms with Gasteiger partial charge in [0, 0.05) is 19.2 Å². The molecular formula is C31H56N2O7. The normalized spacial score (nSPS) is 23.9. The van der Waals surface area contributed by atoms with Crippen molar-refractivity contribution in [3.8, 4) is 0 Å². The molecule has 0 aromatic heterocycles. The lowest BCUT2D eigenvalue weighted by Gasteiger charge is -2.42. The molecule has 0 spiro atoms. The number of esters is 1. The van der Waals surface area contributed by atoms with Gasteiger partial charge in [0.1, 0.15) is 18.1 Å². The molecule has 0 aromatic rings. The first-order chi connectivity index (χ1) is 18.7. The van der Waals surface area contributed by atoms with Crippen LogP contribution in [0.25, 0.3) is 0 Å². The summed E-state index contributed by atoms with van der Waals surface area (Å²) in [5, 5.41) is 10.8. The van der Waals surface area contributed by atoms with Crippen LogP contribution in [0, 0.1) is 11.3 Å². The Morgan fingerprint density at radius 1 is 1.23 bits per heavy atom. The number of nitrogens with zero attached hydrogens (tertiary/aromatic N) is 2. The van der Waals surface area contributed by atoms with E-state index in [1.54, 1.807) is 20.8 Å². The molecule has 1 rings (SSSR count). The third-order valence-electron chi connectivity index (χ3n) is 8.02. The minimum absolute atomic E-state index is 0.0130. The standard InChI is InChI=1S/C31H56N2O7/c1-12-14-15-18-33(10)24(17-16-21(3)13-2)20-38-30(36)31(6,7)27(35)23(5)28(37-11)40-29-26(34)25(32(8)9)19-22(4)39-29/h22-26,28-29,34H,2,12,14-20H2,1,3-11H3/t22-,23+,24-,25+,26-,28-,29+/m1/s1. The van der Waals surface area contributed by atoms with Gasteiger partial charge >= 0.3 is 5.97 Å². The highest BCUT2D eigenvalue weighted by Gasteiger charge is 2.45. The molecule has 1 fully saturated rings. The number of ketones is 1. The summed E-state index contributed by atoms with van der Waals surface area (Å²) in [7, 11) is 7.26. The van der Waals surface area contributed by atoms with Crippen LogP contribution in [-0.4, -0.2) is 105 Å². The Morgan fingerprint density at radius 3 is 2.42 bits per heavy atom. The summed E-state index contributed by atoms with van der Waals surface area (Å²) in [5.41, 5.74) is 2.57. The smallest absolute Gasteiger partial charge is 0.319 e. The van der Waals surface area contributed by atoms with Gasteiger partial charge in [-0.3, -0.25) is 9.59 Å². The summed E-state index contributed by atoms with van der Waals surface area (Å²) >= 11 is 0. The van der Waals surface area contributed by atoms with Crippen molar-refractivity contribution >= 4 is 11.8 Å². The molecule has 0 saturated carbocycles.